The van der Waals surface area contributed by atoms with Crippen LogP contribution in [-0.2, 0) is 4.79 Å². The average Bonchev–Trinajstić information content (AvgIpc) is 2.54. The minimum atomic E-state index is -0.219. The Kier molecular flexibility index (Phi) is 6.17. The largest absolute Gasteiger partial charge is 0.352 e. The van der Waals surface area contributed by atoms with Gasteiger partial charge < -0.3 is 5.32 Å². The quantitative estimate of drug-likeness (QED) is 0.805. The first-order valence-corrected chi connectivity index (χ1v) is 8.57. The zero-order valence-electron chi connectivity index (χ0n) is 14.6. The summed E-state index contributed by atoms with van der Waals surface area (Å²) in [6, 6.07) is 14.8. The van der Waals surface area contributed by atoms with Crippen molar-refractivity contribution in [2.24, 2.45) is 0 Å². The fourth-order valence-corrected chi connectivity index (χ4v) is 3.04. The van der Waals surface area contributed by atoms with E-state index < -0.39 is 0 Å². The van der Waals surface area contributed by atoms with E-state index in [9.17, 15) is 4.79 Å². The molecule has 3 unspecified atom stereocenters. The molecule has 3 nitrogen and oxygen atoms in total. The number of rotatable bonds is 7. The van der Waals surface area contributed by atoms with Crippen molar-refractivity contribution in [3.05, 3.63) is 48.0 Å². The van der Waals surface area contributed by atoms with Gasteiger partial charge in [-0.25, -0.2) is 0 Å². The lowest BCUT2D eigenvalue weighted by molar-refractivity contribution is -0.123. The van der Waals surface area contributed by atoms with Gasteiger partial charge in [0, 0.05) is 12.1 Å². The molecule has 23 heavy (non-hydrogen) atoms. The fourth-order valence-electron chi connectivity index (χ4n) is 3.04. The molecule has 0 spiro atoms. The maximum Gasteiger partial charge on any atom is 0.237 e. The van der Waals surface area contributed by atoms with E-state index in [1.807, 2.05) is 6.92 Å². The number of fused-ring (bicyclic) bond motifs is 1. The number of benzene rings is 2. The van der Waals surface area contributed by atoms with Crippen LogP contribution in [0.25, 0.3) is 10.8 Å². The summed E-state index contributed by atoms with van der Waals surface area (Å²) in [6.45, 7) is 8.23. The highest BCUT2D eigenvalue weighted by Gasteiger charge is 2.18. The van der Waals surface area contributed by atoms with Gasteiger partial charge in [0.2, 0.25) is 5.91 Å². The molecule has 0 radical (unpaired) electrons. The van der Waals surface area contributed by atoms with Crippen molar-refractivity contribution in [1.82, 2.24) is 10.6 Å². The summed E-state index contributed by atoms with van der Waals surface area (Å²) in [6.07, 6.45) is 2.09. The first-order valence-electron chi connectivity index (χ1n) is 8.57. The molecule has 0 saturated carbocycles. The number of amides is 1. The molecule has 2 N–H and O–H groups in total. The maximum atomic E-state index is 12.3. The summed E-state index contributed by atoms with van der Waals surface area (Å²) in [4.78, 5) is 12.3. The highest BCUT2D eigenvalue weighted by atomic mass is 16.2. The minimum Gasteiger partial charge on any atom is -0.352 e. The molecule has 2 rings (SSSR count). The van der Waals surface area contributed by atoms with Crippen molar-refractivity contribution in [2.45, 2.75) is 58.7 Å². The Morgan fingerprint density at radius 1 is 1.04 bits per heavy atom. The van der Waals surface area contributed by atoms with Crippen LogP contribution in [-0.4, -0.2) is 18.0 Å². The van der Waals surface area contributed by atoms with E-state index in [0.29, 0.717) is 0 Å². The maximum absolute atomic E-state index is 12.3. The van der Waals surface area contributed by atoms with Crippen molar-refractivity contribution in [3.63, 3.8) is 0 Å². The van der Waals surface area contributed by atoms with Crippen LogP contribution in [0.1, 0.15) is 52.1 Å². The monoisotopic (exact) mass is 312 g/mol. The molecule has 0 aromatic heterocycles. The van der Waals surface area contributed by atoms with E-state index in [0.717, 1.165) is 12.8 Å². The lowest BCUT2D eigenvalue weighted by Gasteiger charge is -2.23. The van der Waals surface area contributed by atoms with Crippen LogP contribution in [0.4, 0.5) is 0 Å². The van der Waals surface area contributed by atoms with E-state index >= 15 is 0 Å². The Morgan fingerprint density at radius 2 is 1.74 bits per heavy atom. The number of hydrogen-bond acceptors (Lipinski definition) is 2. The van der Waals surface area contributed by atoms with Crippen molar-refractivity contribution in [2.75, 3.05) is 0 Å². The third-order valence-electron chi connectivity index (χ3n) is 4.29. The third kappa shape index (κ3) is 4.55. The van der Waals surface area contributed by atoms with Gasteiger partial charge in [-0.2, -0.15) is 0 Å². The van der Waals surface area contributed by atoms with Gasteiger partial charge in [0.05, 0.1) is 6.04 Å². The Hall–Kier alpha value is -1.87. The van der Waals surface area contributed by atoms with Gasteiger partial charge in [-0.05, 0) is 43.5 Å². The second-order valence-electron chi connectivity index (χ2n) is 6.38. The molecular formula is C20H28N2O. The summed E-state index contributed by atoms with van der Waals surface area (Å²) < 4.78 is 0. The summed E-state index contributed by atoms with van der Waals surface area (Å²) >= 11 is 0. The zero-order chi connectivity index (χ0) is 16.8. The number of carbonyl (C=O) groups excluding carboxylic acids is 1. The Balaban J connectivity index is 2.05. The van der Waals surface area contributed by atoms with E-state index in [-0.39, 0.29) is 24.0 Å². The van der Waals surface area contributed by atoms with Crippen LogP contribution in [0, 0.1) is 0 Å². The van der Waals surface area contributed by atoms with Crippen molar-refractivity contribution in [1.29, 1.82) is 0 Å². The van der Waals surface area contributed by atoms with Crippen LogP contribution in [0.15, 0.2) is 42.5 Å². The molecule has 0 saturated heterocycles. The molecule has 0 aliphatic carbocycles. The van der Waals surface area contributed by atoms with Gasteiger partial charge in [0.15, 0.2) is 0 Å². The van der Waals surface area contributed by atoms with Crippen LogP contribution >= 0.6 is 0 Å². The third-order valence-corrected chi connectivity index (χ3v) is 4.29. The van der Waals surface area contributed by atoms with Gasteiger partial charge in [0.1, 0.15) is 0 Å². The molecule has 1 amide bonds. The molecule has 0 bridgehead atoms. The number of nitrogens with one attached hydrogen (secondary N) is 2. The highest BCUT2D eigenvalue weighted by molar-refractivity contribution is 5.86. The zero-order valence-corrected chi connectivity index (χ0v) is 14.6. The molecule has 0 heterocycles. The molecule has 2 aromatic rings. The second-order valence-corrected chi connectivity index (χ2v) is 6.38. The molecule has 124 valence electrons. The van der Waals surface area contributed by atoms with E-state index in [4.69, 9.17) is 0 Å². The highest BCUT2D eigenvalue weighted by Crippen LogP contribution is 2.24. The Labute approximate surface area is 139 Å². The summed E-state index contributed by atoms with van der Waals surface area (Å²) in [5.74, 6) is 0.0676. The van der Waals surface area contributed by atoms with Crippen LogP contribution in [0.3, 0.4) is 0 Å². The fraction of sp³-hybridized carbons (Fsp3) is 0.450. The first kappa shape index (κ1) is 17.5. The van der Waals surface area contributed by atoms with Crippen LogP contribution < -0.4 is 10.6 Å². The predicted molar refractivity (Wildman–Crippen MR) is 97.5 cm³/mol. The number of hydrogen-bond donors (Lipinski definition) is 2. The van der Waals surface area contributed by atoms with Crippen molar-refractivity contribution >= 4 is 16.7 Å². The van der Waals surface area contributed by atoms with E-state index in [1.54, 1.807) is 0 Å². The van der Waals surface area contributed by atoms with Gasteiger partial charge in [-0.1, -0.05) is 55.8 Å². The summed E-state index contributed by atoms with van der Waals surface area (Å²) in [5.41, 5.74) is 1.23. The molecule has 3 atom stereocenters. The predicted octanol–water partition coefficient (Wildman–Crippen LogP) is 4.18. The van der Waals surface area contributed by atoms with Gasteiger partial charge in [-0.15, -0.1) is 0 Å². The summed E-state index contributed by atoms with van der Waals surface area (Å²) in [5, 5.41) is 8.96. The lowest BCUT2D eigenvalue weighted by atomic mass is 9.99. The standard InChI is InChI=1S/C20H28N2O/c1-5-9-14(2)21-20(23)16(4)22-15(3)18-13-8-11-17-10-6-7-12-19(17)18/h6-8,10-16,22H,5,9H2,1-4H3,(H,21,23). The van der Waals surface area contributed by atoms with E-state index in [1.165, 1.54) is 16.3 Å². The second kappa shape index (κ2) is 8.11. The Morgan fingerprint density at radius 3 is 2.48 bits per heavy atom. The minimum absolute atomic E-state index is 0.0676. The van der Waals surface area contributed by atoms with Crippen LogP contribution in [0.2, 0.25) is 0 Å². The molecule has 3 heteroatoms. The first-order chi connectivity index (χ1) is 11.0. The lowest BCUT2D eigenvalue weighted by Crippen LogP contribution is -2.46. The SMILES string of the molecule is CCCC(C)NC(=O)C(C)NC(C)c1cccc2ccccc12. The molecule has 0 aliphatic rings. The molecular weight excluding hydrogens is 284 g/mol. The molecule has 0 fully saturated rings. The average molecular weight is 312 g/mol. The molecule has 0 aliphatic heterocycles. The van der Waals surface area contributed by atoms with E-state index in [2.05, 4.69) is 73.9 Å². The van der Waals surface area contributed by atoms with Crippen molar-refractivity contribution < 1.29 is 4.79 Å². The number of carbonyl (C=O) groups is 1. The van der Waals surface area contributed by atoms with Gasteiger partial charge in [-0.3, -0.25) is 10.1 Å². The topological polar surface area (TPSA) is 41.1 Å². The van der Waals surface area contributed by atoms with Gasteiger partial charge in [0.25, 0.3) is 0 Å². The Bertz CT molecular complexity index is 648. The smallest absolute Gasteiger partial charge is 0.237 e. The van der Waals surface area contributed by atoms with Crippen molar-refractivity contribution in [3.8, 4) is 0 Å². The van der Waals surface area contributed by atoms with Crippen LogP contribution in [0.5, 0.6) is 0 Å². The normalized spacial score (nSPS) is 15.1. The van der Waals surface area contributed by atoms with Gasteiger partial charge >= 0.3 is 0 Å². The summed E-state index contributed by atoms with van der Waals surface area (Å²) in [7, 11) is 0. The molecule has 2 aromatic carbocycles.